The van der Waals surface area contributed by atoms with Gasteiger partial charge in [-0.3, -0.25) is 4.90 Å². The third kappa shape index (κ3) is 5.19. The number of aliphatic imine (C=N–C) groups is 1. The predicted octanol–water partition coefficient (Wildman–Crippen LogP) is 2.89. The average Bonchev–Trinajstić information content (AvgIpc) is 3.42. The van der Waals surface area contributed by atoms with Crippen molar-refractivity contribution in [1.29, 1.82) is 0 Å². The molecular weight excluding hydrogens is 356 g/mol. The summed E-state index contributed by atoms with van der Waals surface area (Å²) in [4.78, 5) is 7.08. The number of methoxy groups -OCH3 is 1. The van der Waals surface area contributed by atoms with E-state index in [4.69, 9.17) is 9.15 Å². The van der Waals surface area contributed by atoms with Crippen molar-refractivity contribution in [2.75, 3.05) is 33.3 Å². The van der Waals surface area contributed by atoms with Crippen molar-refractivity contribution in [2.45, 2.75) is 32.4 Å². The lowest BCUT2D eigenvalue weighted by atomic mass is 10.2. The molecule has 28 heavy (non-hydrogen) atoms. The van der Waals surface area contributed by atoms with Crippen LogP contribution in [0.15, 0.2) is 46.0 Å². The molecule has 1 aliphatic rings. The van der Waals surface area contributed by atoms with Crippen LogP contribution in [0.5, 0.6) is 11.5 Å². The molecule has 1 atom stereocenters. The van der Waals surface area contributed by atoms with Crippen LogP contribution in [0, 0.1) is 0 Å². The second-order valence-corrected chi connectivity index (χ2v) is 6.85. The van der Waals surface area contributed by atoms with Gasteiger partial charge in [0.25, 0.3) is 0 Å². The predicted molar refractivity (Wildman–Crippen MR) is 110 cm³/mol. The first-order chi connectivity index (χ1) is 13.7. The quantitative estimate of drug-likeness (QED) is 0.478. The van der Waals surface area contributed by atoms with Gasteiger partial charge in [0.2, 0.25) is 0 Å². The molecule has 7 nitrogen and oxygen atoms in total. The van der Waals surface area contributed by atoms with E-state index in [1.165, 1.54) is 12.8 Å². The van der Waals surface area contributed by atoms with Crippen LogP contribution in [0.4, 0.5) is 0 Å². The summed E-state index contributed by atoms with van der Waals surface area (Å²) >= 11 is 0. The molecule has 7 heteroatoms. The van der Waals surface area contributed by atoms with Crippen LogP contribution in [-0.2, 0) is 6.54 Å². The van der Waals surface area contributed by atoms with Gasteiger partial charge in [-0.2, -0.15) is 0 Å². The normalized spacial score (nSPS) is 16.1. The topological polar surface area (TPSA) is 82.3 Å². The fourth-order valence-corrected chi connectivity index (χ4v) is 3.46. The monoisotopic (exact) mass is 386 g/mol. The van der Waals surface area contributed by atoms with Gasteiger partial charge in [0, 0.05) is 18.7 Å². The van der Waals surface area contributed by atoms with Gasteiger partial charge >= 0.3 is 0 Å². The number of hydrogen-bond donors (Lipinski definition) is 3. The highest BCUT2D eigenvalue weighted by Gasteiger charge is 2.25. The van der Waals surface area contributed by atoms with Crippen molar-refractivity contribution in [3.8, 4) is 11.5 Å². The van der Waals surface area contributed by atoms with Crippen molar-refractivity contribution in [3.63, 3.8) is 0 Å². The molecule has 2 heterocycles. The van der Waals surface area contributed by atoms with Crippen LogP contribution < -0.4 is 15.4 Å². The molecule has 1 unspecified atom stereocenters. The van der Waals surface area contributed by atoms with Gasteiger partial charge in [0.15, 0.2) is 5.96 Å². The van der Waals surface area contributed by atoms with Crippen LogP contribution in [0.2, 0.25) is 0 Å². The molecule has 1 saturated heterocycles. The van der Waals surface area contributed by atoms with E-state index < -0.39 is 0 Å². The van der Waals surface area contributed by atoms with E-state index >= 15 is 0 Å². The number of nitrogens with zero attached hydrogens (tertiary/aromatic N) is 2. The van der Waals surface area contributed by atoms with E-state index in [0.717, 1.165) is 31.0 Å². The summed E-state index contributed by atoms with van der Waals surface area (Å²) in [6.45, 7) is 6.00. The van der Waals surface area contributed by atoms with Crippen molar-refractivity contribution in [1.82, 2.24) is 15.5 Å². The van der Waals surface area contributed by atoms with Crippen LogP contribution >= 0.6 is 0 Å². The molecule has 0 spiro atoms. The minimum Gasteiger partial charge on any atom is -0.508 e. The number of phenols is 1. The van der Waals surface area contributed by atoms with Crippen LogP contribution in [0.25, 0.3) is 0 Å². The number of furan rings is 1. The fourth-order valence-electron chi connectivity index (χ4n) is 3.46. The summed E-state index contributed by atoms with van der Waals surface area (Å²) in [5, 5.41) is 16.8. The lowest BCUT2D eigenvalue weighted by Crippen LogP contribution is -2.42. The highest BCUT2D eigenvalue weighted by molar-refractivity contribution is 5.79. The van der Waals surface area contributed by atoms with Gasteiger partial charge in [-0.1, -0.05) is 0 Å². The Morgan fingerprint density at radius 3 is 2.79 bits per heavy atom. The number of aromatic hydroxyl groups is 1. The Morgan fingerprint density at radius 2 is 2.11 bits per heavy atom. The largest absolute Gasteiger partial charge is 0.508 e. The van der Waals surface area contributed by atoms with Crippen molar-refractivity contribution >= 4 is 5.96 Å². The van der Waals surface area contributed by atoms with Crippen LogP contribution in [-0.4, -0.2) is 49.3 Å². The molecule has 3 N–H and O–H groups in total. The van der Waals surface area contributed by atoms with E-state index in [9.17, 15) is 5.11 Å². The Morgan fingerprint density at radius 1 is 1.29 bits per heavy atom. The first-order valence-corrected chi connectivity index (χ1v) is 9.86. The number of nitrogens with one attached hydrogen (secondary N) is 2. The fraction of sp³-hybridized carbons (Fsp3) is 0.476. The van der Waals surface area contributed by atoms with Gasteiger partial charge in [-0.15, -0.1) is 0 Å². The van der Waals surface area contributed by atoms with E-state index in [1.54, 1.807) is 31.6 Å². The SMILES string of the molecule is CCNC(=NCc1cc(OC)ccc1O)NCC(c1ccco1)N1CCCC1. The molecule has 3 rings (SSSR count). The lowest BCUT2D eigenvalue weighted by molar-refractivity contribution is 0.215. The lowest BCUT2D eigenvalue weighted by Gasteiger charge is -2.26. The number of likely N-dealkylation sites (tertiary alicyclic amines) is 1. The Balaban J connectivity index is 1.68. The number of phenolic OH excluding ortho intramolecular Hbond substituents is 1. The molecule has 1 aromatic carbocycles. The molecule has 0 radical (unpaired) electrons. The van der Waals surface area contributed by atoms with Gasteiger partial charge in [-0.25, -0.2) is 4.99 Å². The second kappa shape index (κ2) is 10.0. The number of benzene rings is 1. The van der Waals surface area contributed by atoms with Gasteiger partial charge < -0.3 is 24.9 Å². The second-order valence-electron chi connectivity index (χ2n) is 6.85. The molecule has 152 valence electrons. The van der Waals surface area contributed by atoms with E-state index in [-0.39, 0.29) is 11.8 Å². The minimum atomic E-state index is 0.173. The number of rotatable bonds is 8. The van der Waals surface area contributed by atoms with Gasteiger partial charge in [0.05, 0.1) is 26.0 Å². The molecule has 1 aliphatic heterocycles. The molecule has 1 aromatic heterocycles. The molecule has 1 fully saturated rings. The van der Waals surface area contributed by atoms with E-state index in [0.29, 0.717) is 24.8 Å². The summed E-state index contributed by atoms with van der Waals surface area (Å²) < 4.78 is 10.9. The molecule has 0 aliphatic carbocycles. The van der Waals surface area contributed by atoms with Gasteiger partial charge in [-0.05, 0) is 63.2 Å². The van der Waals surface area contributed by atoms with Crippen molar-refractivity contribution in [2.24, 2.45) is 4.99 Å². The summed E-state index contributed by atoms with van der Waals surface area (Å²) in [7, 11) is 1.61. The Kier molecular flexibility index (Phi) is 7.19. The molecular formula is C21H30N4O3. The first kappa shape index (κ1) is 20.1. The van der Waals surface area contributed by atoms with Crippen LogP contribution in [0.1, 0.15) is 37.1 Å². The Bertz CT molecular complexity index is 755. The third-order valence-corrected chi connectivity index (χ3v) is 4.95. The molecule has 0 amide bonds. The summed E-state index contributed by atoms with van der Waals surface area (Å²) in [6.07, 6.45) is 4.17. The summed E-state index contributed by atoms with van der Waals surface area (Å²) in [5.41, 5.74) is 0.721. The summed E-state index contributed by atoms with van der Waals surface area (Å²) in [5.74, 6) is 2.59. The van der Waals surface area contributed by atoms with E-state index in [1.807, 2.05) is 19.1 Å². The zero-order valence-corrected chi connectivity index (χ0v) is 16.6. The zero-order valence-electron chi connectivity index (χ0n) is 16.6. The highest BCUT2D eigenvalue weighted by atomic mass is 16.5. The Labute approximate surface area is 166 Å². The maximum atomic E-state index is 10.1. The maximum absolute atomic E-state index is 10.1. The zero-order chi connectivity index (χ0) is 19.8. The van der Waals surface area contributed by atoms with Gasteiger partial charge in [0.1, 0.15) is 17.3 Å². The standard InChI is InChI=1S/C21H30N4O3/c1-3-22-21(23-14-16-13-17(27-2)8-9-19(16)26)24-15-18(20-7-6-12-28-20)25-10-4-5-11-25/h6-9,12-13,18,26H,3-5,10-11,14-15H2,1-2H3,(H2,22,23,24). The minimum absolute atomic E-state index is 0.173. The molecule has 2 aromatic rings. The average molecular weight is 386 g/mol. The number of ether oxygens (including phenoxy) is 1. The smallest absolute Gasteiger partial charge is 0.191 e. The van der Waals surface area contributed by atoms with Crippen LogP contribution in [0.3, 0.4) is 0 Å². The number of guanidine groups is 1. The first-order valence-electron chi connectivity index (χ1n) is 9.86. The molecule has 0 saturated carbocycles. The maximum Gasteiger partial charge on any atom is 0.191 e. The summed E-state index contributed by atoms with van der Waals surface area (Å²) in [6, 6.07) is 9.30. The number of hydrogen-bond acceptors (Lipinski definition) is 5. The van der Waals surface area contributed by atoms with Crippen molar-refractivity contribution < 1.29 is 14.3 Å². The highest BCUT2D eigenvalue weighted by Crippen LogP contribution is 2.25. The van der Waals surface area contributed by atoms with Crippen molar-refractivity contribution in [3.05, 3.63) is 47.9 Å². The van der Waals surface area contributed by atoms with E-state index in [2.05, 4.69) is 20.5 Å². The Hall–Kier alpha value is -2.67. The molecule has 0 bridgehead atoms. The third-order valence-electron chi connectivity index (χ3n) is 4.95.